The molecule has 0 amide bonds. The Bertz CT molecular complexity index is 1170. The summed E-state index contributed by atoms with van der Waals surface area (Å²) in [6.07, 6.45) is 5.96. The SMILES string of the molecule is COC12CCC(N3c4nc(Nc5cc6nsnc6cc5C)ncc4N(C)C3O)(CC1)C2. The van der Waals surface area contributed by atoms with Crippen molar-refractivity contribution in [2.75, 3.05) is 29.3 Å². The number of hydrogen-bond donors (Lipinski definition) is 2. The lowest BCUT2D eigenvalue weighted by atomic mass is 9.91. The molecular weight excluding hydrogens is 414 g/mol. The monoisotopic (exact) mass is 439 g/mol. The van der Waals surface area contributed by atoms with Crippen LogP contribution in [0, 0.1) is 6.92 Å². The Morgan fingerprint density at radius 3 is 2.65 bits per heavy atom. The van der Waals surface area contributed by atoms with Gasteiger partial charge in [0.1, 0.15) is 16.7 Å². The van der Waals surface area contributed by atoms with Crippen molar-refractivity contribution in [1.82, 2.24) is 18.7 Å². The minimum absolute atomic E-state index is 0.0662. The first-order valence-corrected chi connectivity index (χ1v) is 11.3. The standard InChI is InChI=1S/C21H25N7O2S/c1-12-8-14-15(26-31-25-14)9-13(12)23-18-22-10-16-17(24-18)28(19(29)27(16)2)20-4-6-21(11-20,30-3)7-5-20/h8-10,19,29H,4-7,11H2,1-3H3,(H,22,23,24). The molecule has 1 atom stereocenters. The first-order chi connectivity index (χ1) is 14.9. The van der Waals surface area contributed by atoms with E-state index < -0.39 is 6.35 Å². The number of anilines is 4. The summed E-state index contributed by atoms with van der Waals surface area (Å²) in [6.45, 7) is 2.03. The molecule has 3 aromatic rings. The summed E-state index contributed by atoms with van der Waals surface area (Å²) < 4.78 is 14.5. The van der Waals surface area contributed by atoms with Crippen molar-refractivity contribution >= 4 is 45.9 Å². The van der Waals surface area contributed by atoms with Crippen LogP contribution in [0.25, 0.3) is 11.0 Å². The second-order valence-electron chi connectivity index (χ2n) is 9.06. The van der Waals surface area contributed by atoms with Crippen molar-refractivity contribution in [1.29, 1.82) is 0 Å². The van der Waals surface area contributed by atoms with Gasteiger partial charge in [0, 0.05) is 25.4 Å². The van der Waals surface area contributed by atoms with E-state index in [0.717, 1.165) is 65.9 Å². The number of benzene rings is 1. The van der Waals surface area contributed by atoms with Gasteiger partial charge in [0.15, 0.2) is 5.82 Å². The van der Waals surface area contributed by atoms with Crippen molar-refractivity contribution in [3.05, 3.63) is 23.9 Å². The van der Waals surface area contributed by atoms with Crippen molar-refractivity contribution in [3.8, 4) is 0 Å². The predicted octanol–water partition coefficient (Wildman–Crippen LogP) is 3.17. The van der Waals surface area contributed by atoms with Crippen LogP contribution in [0.4, 0.5) is 23.1 Å². The smallest absolute Gasteiger partial charge is 0.229 e. The molecule has 6 rings (SSSR count). The Kier molecular flexibility index (Phi) is 4.00. The van der Waals surface area contributed by atoms with Crippen LogP contribution in [-0.2, 0) is 4.74 Å². The number of aryl methyl sites for hydroxylation is 1. The highest BCUT2D eigenvalue weighted by Crippen LogP contribution is 2.58. The van der Waals surface area contributed by atoms with Gasteiger partial charge in [-0.15, -0.1) is 0 Å². The van der Waals surface area contributed by atoms with Crippen molar-refractivity contribution in [2.24, 2.45) is 0 Å². The van der Waals surface area contributed by atoms with Gasteiger partial charge in [0.2, 0.25) is 12.3 Å². The molecular formula is C21H25N7O2S. The van der Waals surface area contributed by atoms with Crippen LogP contribution in [0.5, 0.6) is 0 Å². The molecule has 162 valence electrons. The maximum absolute atomic E-state index is 11.1. The molecule has 3 aliphatic rings. The van der Waals surface area contributed by atoms with Crippen LogP contribution in [-0.4, -0.2) is 55.5 Å². The molecule has 31 heavy (non-hydrogen) atoms. The van der Waals surface area contributed by atoms with E-state index >= 15 is 0 Å². The van der Waals surface area contributed by atoms with Crippen LogP contribution in [0.2, 0.25) is 0 Å². The third-order valence-corrected chi connectivity index (χ3v) is 8.03. The summed E-state index contributed by atoms with van der Waals surface area (Å²) in [4.78, 5) is 13.3. The van der Waals surface area contributed by atoms with E-state index in [-0.39, 0.29) is 11.1 Å². The Balaban J connectivity index is 1.37. The molecule has 2 fully saturated rings. The number of aliphatic hydroxyl groups is 1. The van der Waals surface area contributed by atoms with Gasteiger partial charge in [-0.05, 0) is 56.7 Å². The van der Waals surface area contributed by atoms with E-state index in [1.165, 1.54) is 11.7 Å². The number of aromatic nitrogens is 4. The van der Waals surface area contributed by atoms with Gasteiger partial charge in [0.25, 0.3) is 0 Å². The zero-order chi connectivity index (χ0) is 21.4. The molecule has 0 saturated heterocycles. The molecule has 2 bridgehead atoms. The van der Waals surface area contributed by atoms with E-state index in [0.29, 0.717) is 5.95 Å². The lowest BCUT2D eigenvalue weighted by molar-refractivity contribution is -0.000318. The maximum Gasteiger partial charge on any atom is 0.229 e. The molecule has 3 heterocycles. The number of nitrogens with zero attached hydrogens (tertiary/aromatic N) is 6. The summed E-state index contributed by atoms with van der Waals surface area (Å²) in [5, 5.41) is 14.5. The fourth-order valence-electron chi connectivity index (χ4n) is 5.65. The van der Waals surface area contributed by atoms with Gasteiger partial charge in [-0.2, -0.15) is 13.7 Å². The predicted molar refractivity (Wildman–Crippen MR) is 120 cm³/mol. The third-order valence-electron chi connectivity index (χ3n) is 7.47. The number of fused-ring (bicyclic) bond motifs is 4. The molecule has 2 saturated carbocycles. The van der Waals surface area contributed by atoms with E-state index in [4.69, 9.17) is 9.72 Å². The minimum atomic E-state index is -0.760. The summed E-state index contributed by atoms with van der Waals surface area (Å²) >= 11 is 1.21. The Morgan fingerprint density at radius 1 is 1.19 bits per heavy atom. The van der Waals surface area contributed by atoms with Crippen LogP contribution >= 0.6 is 11.7 Å². The van der Waals surface area contributed by atoms with Crippen LogP contribution in [0.15, 0.2) is 18.3 Å². The second kappa shape index (κ2) is 6.47. The van der Waals surface area contributed by atoms with Crippen LogP contribution < -0.4 is 15.1 Å². The molecule has 0 spiro atoms. The average Bonchev–Trinajstić information content (AvgIpc) is 3.52. The summed E-state index contributed by atoms with van der Waals surface area (Å²) in [5.74, 6) is 1.28. The van der Waals surface area contributed by atoms with E-state index in [1.54, 1.807) is 6.20 Å². The summed E-state index contributed by atoms with van der Waals surface area (Å²) in [6, 6.07) is 3.99. The first-order valence-electron chi connectivity index (χ1n) is 10.6. The van der Waals surface area contributed by atoms with Crippen molar-refractivity contribution in [2.45, 2.75) is 56.5 Å². The van der Waals surface area contributed by atoms with Gasteiger partial charge < -0.3 is 25.0 Å². The van der Waals surface area contributed by atoms with Gasteiger partial charge in [-0.25, -0.2) is 4.98 Å². The molecule has 9 nitrogen and oxygen atoms in total. The first kappa shape index (κ1) is 19.1. The number of methoxy groups -OCH3 is 1. The van der Waals surface area contributed by atoms with E-state index in [9.17, 15) is 5.11 Å². The lowest BCUT2D eigenvalue weighted by Crippen LogP contribution is -2.54. The summed E-state index contributed by atoms with van der Waals surface area (Å²) in [5.41, 5.74) is 4.32. The molecule has 1 unspecified atom stereocenters. The number of aliphatic hydroxyl groups excluding tert-OH is 1. The number of nitrogens with one attached hydrogen (secondary N) is 1. The Hall–Kier alpha value is -2.56. The fraction of sp³-hybridized carbons (Fsp3) is 0.524. The van der Waals surface area contributed by atoms with Crippen LogP contribution in [0.1, 0.15) is 37.7 Å². The zero-order valence-corrected chi connectivity index (χ0v) is 18.6. The normalized spacial score (nSPS) is 29.2. The Labute approximate surface area is 184 Å². The highest BCUT2D eigenvalue weighted by molar-refractivity contribution is 7.00. The van der Waals surface area contributed by atoms with Gasteiger partial charge in [0.05, 0.1) is 23.5 Å². The fourth-order valence-corrected chi connectivity index (χ4v) is 6.16. The summed E-state index contributed by atoms with van der Waals surface area (Å²) in [7, 11) is 3.69. The zero-order valence-electron chi connectivity index (χ0n) is 17.8. The average molecular weight is 440 g/mol. The van der Waals surface area contributed by atoms with Gasteiger partial charge in [-0.3, -0.25) is 0 Å². The van der Waals surface area contributed by atoms with E-state index in [2.05, 4.69) is 23.9 Å². The van der Waals surface area contributed by atoms with Crippen LogP contribution in [0.3, 0.4) is 0 Å². The molecule has 2 N–H and O–H groups in total. The number of ether oxygens (including phenoxy) is 1. The van der Waals surface area contributed by atoms with E-state index in [1.807, 2.05) is 38.1 Å². The van der Waals surface area contributed by atoms with Crippen molar-refractivity contribution < 1.29 is 9.84 Å². The molecule has 2 aromatic heterocycles. The highest BCUT2D eigenvalue weighted by Gasteiger charge is 2.60. The maximum atomic E-state index is 11.1. The minimum Gasteiger partial charge on any atom is -0.378 e. The second-order valence-corrected chi connectivity index (χ2v) is 9.59. The quantitative estimate of drug-likeness (QED) is 0.635. The molecule has 1 aromatic carbocycles. The largest absolute Gasteiger partial charge is 0.378 e. The Morgan fingerprint density at radius 2 is 1.94 bits per heavy atom. The number of rotatable bonds is 4. The van der Waals surface area contributed by atoms with Gasteiger partial charge >= 0.3 is 0 Å². The topological polar surface area (TPSA) is 99.5 Å². The molecule has 1 aliphatic heterocycles. The molecule has 0 radical (unpaired) electrons. The third kappa shape index (κ3) is 2.68. The molecule has 2 aliphatic carbocycles. The molecule has 10 heteroatoms. The lowest BCUT2D eigenvalue weighted by Gasteiger charge is -2.40. The highest BCUT2D eigenvalue weighted by atomic mass is 32.1. The van der Waals surface area contributed by atoms with Gasteiger partial charge in [-0.1, -0.05) is 0 Å². The van der Waals surface area contributed by atoms with Crippen molar-refractivity contribution in [3.63, 3.8) is 0 Å². The number of hydrogen-bond acceptors (Lipinski definition) is 10.